The normalized spacial score (nSPS) is 19.6. The van der Waals surface area contributed by atoms with Crippen molar-refractivity contribution in [2.75, 3.05) is 30.3 Å². The summed E-state index contributed by atoms with van der Waals surface area (Å²) < 4.78 is 16.3. The summed E-state index contributed by atoms with van der Waals surface area (Å²) in [5.41, 5.74) is 9.64. The number of aromatic nitrogens is 3. The number of nitrogen functional groups attached to an aromatic ring is 1. The number of nitrogens with two attached hydrogens (primary N) is 1. The topological polar surface area (TPSA) is 72.0 Å². The van der Waals surface area contributed by atoms with Crippen LogP contribution >= 0.6 is 23.2 Å². The van der Waals surface area contributed by atoms with Gasteiger partial charge in [0, 0.05) is 40.7 Å². The average Bonchev–Trinajstić information content (AvgIpc) is 3.48. The van der Waals surface area contributed by atoms with E-state index in [-0.39, 0.29) is 11.1 Å². The standard InChI is InChI=1S/C23H25Cl2FN6/c24-17-3-4-18(26)22(25)21(17)19-2-1-9-31(19)20-10-14(11-29-23(20)27)15-12-30-32(13-15)16-5-7-28-8-6-16/h3-4,10-13,16,19,28H,1-2,5-9H2,(H2,27,29). The average molecular weight is 475 g/mol. The van der Waals surface area contributed by atoms with Crippen LogP contribution in [0.1, 0.15) is 43.3 Å². The molecule has 2 aliphatic rings. The number of halogens is 3. The van der Waals surface area contributed by atoms with Gasteiger partial charge >= 0.3 is 0 Å². The fraction of sp³-hybridized carbons (Fsp3) is 0.391. The molecule has 0 radical (unpaired) electrons. The molecular weight excluding hydrogens is 450 g/mol. The van der Waals surface area contributed by atoms with Gasteiger partial charge in [-0.1, -0.05) is 23.2 Å². The number of benzene rings is 1. The Labute approximate surface area is 196 Å². The molecule has 3 N–H and O–H groups in total. The minimum atomic E-state index is -0.469. The molecule has 0 amide bonds. The van der Waals surface area contributed by atoms with Gasteiger partial charge in [0.1, 0.15) is 11.6 Å². The van der Waals surface area contributed by atoms with Crippen LogP contribution in [0.25, 0.3) is 11.1 Å². The molecule has 5 rings (SSSR count). The molecule has 0 spiro atoms. The lowest BCUT2D eigenvalue weighted by atomic mass is 10.0. The first-order valence-corrected chi connectivity index (χ1v) is 11.7. The van der Waals surface area contributed by atoms with E-state index in [0.717, 1.165) is 62.1 Å². The zero-order valence-corrected chi connectivity index (χ0v) is 19.1. The molecule has 4 heterocycles. The second-order valence-corrected chi connectivity index (χ2v) is 9.21. The Kier molecular flexibility index (Phi) is 5.97. The Balaban J connectivity index is 1.48. The second-order valence-electron chi connectivity index (χ2n) is 8.43. The van der Waals surface area contributed by atoms with Gasteiger partial charge in [-0.2, -0.15) is 5.10 Å². The summed E-state index contributed by atoms with van der Waals surface area (Å²) in [6.45, 7) is 2.78. The van der Waals surface area contributed by atoms with Gasteiger partial charge in [-0.05, 0) is 57.0 Å². The Morgan fingerprint density at radius 3 is 2.72 bits per heavy atom. The lowest BCUT2D eigenvalue weighted by Gasteiger charge is -2.29. The number of nitrogens with one attached hydrogen (secondary N) is 1. The molecule has 2 saturated heterocycles. The molecular formula is C23H25Cl2FN6. The van der Waals surface area contributed by atoms with Gasteiger partial charge in [-0.25, -0.2) is 9.37 Å². The van der Waals surface area contributed by atoms with Crippen molar-refractivity contribution in [3.63, 3.8) is 0 Å². The van der Waals surface area contributed by atoms with Gasteiger partial charge in [0.05, 0.1) is 29.0 Å². The highest BCUT2D eigenvalue weighted by Crippen LogP contribution is 2.44. The van der Waals surface area contributed by atoms with Crippen LogP contribution in [-0.2, 0) is 0 Å². The molecule has 0 aliphatic carbocycles. The molecule has 6 nitrogen and oxygen atoms in total. The van der Waals surface area contributed by atoms with Gasteiger partial charge in [0.2, 0.25) is 0 Å². The van der Waals surface area contributed by atoms with Crippen molar-refractivity contribution in [1.29, 1.82) is 0 Å². The Morgan fingerprint density at radius 1 is 1.09 bits per heavy atom. The van der Waals surface area contributed by atoms with Gasteiger partial charge in [-0.15, -0.1) is 0 Å². The lowest BCUT2D eigenvalue weighted by Crippen LogP contribution is -2.29. The van der Waals surface area contributed by atoms with Crippen LogP contribution < -0.4 is 16.0 Å². The second kappa shape index (κ2) is 8.89. The first-order valence-electron chi connectivity index (χ1n) is 10.9. The number of piperidine rings is 1. The summed E-state index contributed by atoms with van der Waals surface area (Å²) in [4.78, 5) is 6.60. The Hall–Kier alpha value is -2.35. The zero-order chi connectivity index (χ0) is 22.2. The fourth-order valence-electron chi connectivity index (χ4n) is 4.81. The Morgan fingerprint density at radius 2 is 1.91 bits per heavy atom. The van der Waals surface area contributed by atoms with E-state index >= 15 is 0 Å². The van der Waals surface area contributed by atoms with Crippen molar-refractivity contribution in [3.05, 3.63) is 58.2 Å². The van der Waals surface area contributed by atoms with Crippen LogP contribution in [0.3, 0.4) is 0 Å². The fourth-order valence-corrected chi connectivity index (χ4v) is 5.44. The van der Waals surface area contributed by atoms with E-state index in [4.69, 9.17) is 28.9 Å². The maximum absolute atomic E-state index is 14.2. The molecule has 1 aromatic carbocycles. The van der Waals surface area contributed by atoms with Crippen molar-refractivity contribution in [1.82, 2.24) is 20.1 Å². The van der Waals surface area contributed by atoms with Crippen molar-refractivity contribution in [3.8, 4) is 11.1 Å². The van der Waals surface area contributed by atoms with Crippen LogP contribution in [0.4, 0.5) is 15.9 Å². The monoisotopic (exact) mass is 474 g/mol. The van der Waals surface area contributed by atoms with Gasteiger partial charge in [0.15, 0.2) is 0 Å². The summed E-state index contributed by atoms with van der Waals surface area (Å²) >= 11 is 12.8. The maximum atomic E-state index is 14.2. The molecule has 2 aliphatic heterocycles. The zero-order valence-electron chi connectivity index (χ0n) is 17.6. The molecule has 1 unspecified atom stereocenters. The summed E-state index contributed by atoms with van der Waals surface area (Å²) in [5, 5.41) is 8.51. The van der Waals surface area contributed by atoms with E-state index in [2.05, 4.69) is 31.2 Å². The van der Waals surface area contributed by atoms with Crippen LogP contribution in [0, 0.1) is 5.82 Å². The van der Waals surface area contributed by atoms with Crippen molar-refractivity contribution < 1.29 is 4.39 Å². The SMILES string of the molecule is Nc1ncc(-c2cnn(C3CCNCC3)c2)cc1N1CCCC1c1c(Cl)ccc(F)c1Cl. The summed E-state index contributed by atoms with van der Waals surface area (Å²) in [6.07, 6.45) is 9.59. The van der Waals surface area contributed by atoms with E-state index in [0.29, 0.717) is 22.4 Å². The molecule has 2 fully saturated rings. The van der Waals surface area contributed by atoms with Crippen molar-refractivity contribution in [2.45, 2.75) is 37.8 Å². The molecule has 2 aromatic heterocycles. The minimum Gasteiger partial charge on any atom is -0.382 e. The molecule has 168 valence electrons. The van der Waals surface area contributed by atoms with Gasteiger partial charge < -0.3 is 16.0 Å². The highest BCUT2D eigenvalue weighted by atomic mass is 35.5. The highest BCUT2D eigenvalue weighted by Gasteiger charge is 2.32. The van der Waals surface area contributed by atoms with E-state index in [1.54, 1.807) is 12.3 Å². The molecule has 0 saturated carbocycles. The third kappa shape index (κ3) is 3.93. The summed E-state index contributed by atoms with van der Waals surface area (Å²) in [7, 11) is 0. The predicted molar refractivity (Wildman–Crippen MR) is 127 cm³/mol. The van der Waals surface area contributed by atoms with Crippen LogP contribution in [0.15, 0.2) is 36.8 Å². The van der Waals surface area contributed by atoms with Crippen LogP contribution in [0.2, 0.25) is 10.0 Å². The minimum absolute atomic E-state index is 0.0698. The van der Waals surface area contributed by atoms with E-state index < -0.39 is 5.82 Å². The number of rotatable bonds is 4. The molecule has 0 bridgehead atoms. The number of hydrogen-bond acceptors (Lipinski definition) is 5. The smallest absolute Gasteiger partial charge is 0.147 e. The van der Waals surface area contributed by atoms with E-state index in [9.17, 15) is 4.39 Å². The third-order valence-electron chi connectivity index (χ3n) is 6.49. The lowest BCUT2D eigenvalue weighted by molar-refractivity contribution is 0.343. The van der Waals surface area contributed by atoms with Crippen molar-refractivity contribution >= 4 is 34.7 Å². The summed E-state index contributed by atoms with van der Waals surface area (Å²) in [6, 6.07) is 5.13. The van der Waals surface area contributed by atoms with Crippen molar-refractivity contribution in [2.24, 2.45) is 0 Å². The predicted octanol–water partition coefficient (Wildman–Crippen LogP) is 5.24. The van der Waals surface area contributed by atoms with E-state index in [1.807, 2.05) is 12.3 Å². The Bertz CT molecular complexity index is 1130. The molecule has 1 atom stereocenters. The number of nitrogens with zero attached hydrogens (tertiary/aromatic N) is 4. The number of hydrogen-bond donors (Lipinski definition) is 2. The molecule has 9 heteroatoms. The molecule has 32 heavy (non-hydrogen) atoms. The van der Waals surface area contributed by atoms with Gasteiger partial charge in [0.25, 0.3) is 0 Å². The maximum Gasteiger partial charge on any atom is 0.147 e. The largest absolute Gasteiger partial charge is 0.382 e. The third-order valence-corrected chi connectivity index (χ3v) is 7.20. The van der Waals surface area contributed by atoms with Crippen LogP contribution in [-0.4, -0.2) is 34.4 Å². The van der Waals surface area contributed by atoms with Crippen LogP contribution in [0.5, 0.6) is 0 Å². The number of anilines is 2. The summed E-state index contributed by atoms with van der Waals surface area (Å²) in [5.74, 6) is -0.0434. The van der Waals surface area contributed by atoms with E-state index in [1.165, 1.54) is 6.07 Å². The quantitative estimate of drug-likeness (QED) is 0.505. The molecule has 3 aromatic rings. The highest BCUT2D eigenvalue weighted by molar-refractivity contribution is 6.36. The van der Waals surface area contributed by atoms with Gasteiger partial charge in [-0.3, -0.25) is 4.68 Å². The first kappa shape index (κ1) is 21.5. The first-order chi connectivity index (χ1) is 15.5. The number of pyridine rings is 1.